The van der Waals surface area contributed by atoms with Crippen LogP contribution in [-0.4, -0.2) is 52.6 Å². The van der Waals surface area contributed by atoms with Gasteiger partial charge in [0.1, 0.15) is 6.09 Å². The van der Waals surface area contributed by atoms with Crippen molar-refractivity contribution in [3.8, 4) is 0 Å². The van der Waals surface area contributed by atoms with Crippen LogP contribution in [0, 0.1) is 11.3 Å². The van der Waals surface area contributed by atoms with Crippen molar-refractivity contribution in [2.45, 2.75) is 85.0 Å². The molecule has 0 bridgehead atoms. The number of carboxylic acid groups (broad SMARTS) is 1. The van der Waals surface area contributed by atoms with E-state index in [1.807, 2.05) is 95.3 Å². The number of rotatable bonds is 14. The summed E-state index contributed by atoms with van der Waals surface area (Å²) in [5.74, 6) is -1.18. The Labute approximate surface area is 232 Å². The van der Waals surface area contributed by atoms with Gasteiger partial charge in [-0.3, -0.25) is 9.59 Å². The van der Waals surface area contributed by atoms with E-state index in [1.165, 1.54) is 0 Å². The Morgan fingerprint density at radius 3 is 1.95 bits per heavy atom. The highest BCUT2D eigenvalue weighted by Gasteiger charge is 2.35. The van der Waals surface area contributed by atoms with Gasteiger partial charge in [0, 0.05) is 25.6 Å². The van der Waals surface area contributed by atoms with Gasteiger partial charge in [-0.1, -0.05) is 95.3 Å². The van der Waals surface area contributed by atoms with Crippen molar-refractivity contribution in [2.24, 2.45) is 11.3 Å². The molecule has 0 fully saturated rings. The molecule has 3 amide bonds. The summed E-state index contributed by atoms with van der Waals surface area (Å²) in [6, 6.07) is 17.6. The minimum atomic E-state index is -1.41. The van der Waals surface area contributed by atoms with Crippen molar-refractivity contribution in [3.63, 3.8) is 0 Å². The van der Waals surface area contributed by atoms with Gasteiger partial charge >= 0.3 is 0 Å². The Balaban J connectivity index is 2.20. The fourth-order valence-electron chi connectivity index (χ4n) is 4.63. The summed E-state index contributed by atoms with van der Waals surface area (Å²) in [6.45, 7) is 9.56. The lowest BCUT2D eigenvalue weighted by atomic mass is 9.78. The highest BCUT2D eigenvalue weighted by Crippen LogP contribution is 2.29. The molecule has 2 aromatic carbocycles. The number of carbonyl (C=O) groups excluding carboxylic acids is 3. The maximum atomic E-state index is 13.3. The van der Waals surface area contributed by atoms with Crippen molar-refractivity contribution in [1.82, 2.24) is 15.5 Å². The van der Waals surface area contributed by atoms with Gasteiger partial charge in [-0.2, -0.15) is 0 Å². The second-order valence-corrected chi connectivity index (χ2v) is 11.2. The van der Waals surface area contributed by atoms with Crippen LogP contribution in [0.2, 0.25) is 0 Å². The topological polar surface area (TPSA) is 122 Å². The quantitative estimate of drug-likeness (QED) is 0.341. The van der Waals surface area contributed by atoms with Crippen LogP contribution in [0.5, 0.6) is 0 Å². The average Bonchev–Trinajstić information content (AvgIpc) is 2.91. The van der Waals surface area contributed by atoms with E-state index < -0.39 is 29.6 Å². The third-order valence-corrected chi connectivity index (χ3v) is 7.15. The molecule has 0 unspecified atom stereocenters. The smallest absolute Gasteiger partial charge is 0.224 e. The van der Waals surface area contributed by atoms with Crippen molar-refractivity contribution in [1.29, 1.82) is 0 Å². The van der Waals surface area contributed by atoms with Gasteiger partial charge in [0.25, 0.3) is 0 Å². The lowest BCUT2D eigenvalue weighted by Gasteiger charge is -2.37. The molecule has 214 valence electrons. The van der Waals surface area contributed by atoms with Gasteiger partial charge in [0.2, 0.25) is 11.8 Å². The molecular weight excluding hydrogens is 494 g/mol. The van der Waals surface area contributed by atoms with Crippen LogP contribution in [-0.2, 0) is 22.6 Å². The number of nitrogens with one attached hydrogen (secondary N) is 2. The van der Waals surface area contributed by atoms with E-state index in [0.29, 0.717) is 0 Å². The van der Waals surface area contributed by atoms with E-state index in [1.54, 1.807) is 0 Å². The van der Waals surface area contributed by atoms with Gasteiger partial charge in [0.15, 0.2) is 0 Å². The van der Waals surface area contributed by atoms with E-state index in [2.05, 4.69) is 10.6 Å². The molecule has 0 saturated heterocycles. The number of carbonyl (C=O) groups is 3. The van der Waals surface area contributed by atoms with Crippen molar-refractivity contribution in [2.75, 3.05) is 6.54 Å². The monoisotopic (exact) mass is 538 g/mol. The molecule has 0 aromatic heterocycles. The number of hydrogen-bond acceptors (Lipinski definition) is 5. The number of amides is 3. The molecule has 0 spiro atoms. The van der Waals surface area contributed by atoms with Crippen LogP contribution in [0.4, 0.5) is 4.79 Å². The largest absolute Gasteiger partial charge is 0.530 e. The SMILES string of the molecule is CCC(CC)NC(=O)C[C@@H](C(=O)NC[C@@H](O)[C@H](Cc1ccccc1)N(Cc1ccccc1)C(=O)[O-])C(C)(C)C. The van der Waals surface area contributed by atoms with Crippen molar-refractivity contribution >= 4 is 17.9 Å². The van der Waals surface area contributed by atoms with Crippen LogP contribution in [0.3, 0.4) is 0 Å². The number of hydrogen-bond donors (Lipinski definition) is 3. The molecule has 0 aliphatic heterocycles. The molecule has 8 heteroatoms. The zero-order valence-electron chi connectivity index (χ0n) is 23.9. The van der Waals surface area contributed by atoms with Crippen LogP contribution in [0.25, 0.3) is 0 Å². The molecule has 0 aliphatic rings. The van der Waals surface area contributed by atoms with E-state index in [9.17, 15) is 24.6 Å². The van der Waals surface area contributed by atoms with Crippen LogP contribution in [0.15, 0.2) is 60.7 Å². The summed E-state index contributed by atoms with van der Waals surface area (Å²) in [5, 5.41) is 29.3. The maximum Gasteiger partial charge on any atom is 0.224 e. The normalized spacial score (nSPS) is 13.8. The summed E-state index contributed by atoms with van der Waals surface area (Å²) >= 11 is 0. The summed E-state index contributed by atoms with van der Waals surface area (Å²) in [6.07, 6.45) is -0.748. The minimum absolute atomic E-state index is 0.0224. The predicted octanol–water partition coefficient (Wildman–Crippen LogP) is 3.28. The van der Waals surface area contributed by atoms with Gasteiger partial charge in [0.05, 0.1) is 18.1 Å². The average molecular weight is 539 g/mol. The molecule has 0 heterocycles. The Morgan fingerprint density at radius 1 is 0.923 bits per heavy atom. The Morgan fingerprint density at radius 2 is 1.46 bits per heavy atom. The van der Waals surface area contributed by atoms with Crippen LogP contribution in [0.1, 0.15) is 65.0 Å². The standard InChI is InChI=1S/C31H45N3O5/c1-6-24(7-2)33-28(36)19-25(31(3,4)5)29(37)32-20-27(35)26(18-22-14-10-8-11-15-22)34(30(38)39)21-23-16-12-9-13-17-23/h8-17,24-27,35H,6-7,18-21H2,1-5H3,(H,32,37)(H,33,36)(H,38,39)/p-1/t25-,26-,27+/m0/s1. The predicted molar refractivity (Wildman–Crippen MR) is 150 cm³/mol. The van der Waals surface area contributed by atoms with E-state index in [4.69, 9.17) is 0 Å². The van der Waals surface area contributed by atoms with Gasteiger partial charge < -0.3 is 30.5 Å². The molecule has 0 radical (unpaired) electrons. The first kappa shape index (κ1) is 31.8. The highest BCUT2D eigenvalue weighted by atomic mass is 16.4. The van der Waals surface area contributed by atoms with E-state index >= 15 is 0 Å². The molecule has 0 aliphatic carbocycles. The van der Waals surface area contributed by atoms with E-state index in [-0.39, 0.29) is 43.8 Å². The molecule has 2 aromatic rings. The number of nitrogens with zero attached hydrogens (tertiary/aromatic N) is 1. The number of benzene rings is 2. The van der Waals surface area contributed by atoms with Gasteiger partial charge in [-0.15, -0.1) is 0 Å². The summed E-state index contributed by atoms with van der Waals surface area (Å²) in [7, 11) is 0. The van der Waals surface area contributed by atoms with Gasteiger partial charge in [-0.05, 0) is 35.8 Å². The first-order chi connectivity index (χ1) is 18.5. The highest BCUT2D eigenvalue weighted by molar-refractivity contribution is 5.86. The maximum absolute atomic E-state index is 13.3. The second-order valence-electron chi connectivity index (χ2n) is 11.2. The molecule has 3 atom stereocenters. The fraction of sp³-hybridized carbons (Fsp3) is 0.516. The molecule has 3 N–H and O–H groups in total. The van der Waals surface area contributed by atoms with Crippen molar-refractivity contribution < 1.29 is 24.6 Å². The Bertz CT molecular complexity index is 1040. The molecule has 39 heavy (non-hydrogen) atoms. The van der Waals surface area contributed by atoms with Gasteiger partial charge in [-0.25, -0.2) is 0 Å². The minimum Gasteiger partial charge on any atom is -0.530 e. The Kier molecular flexibility index (Phi) is 12.5. The summed E-state index contributed by atoms with van der Waals surface area (Å²) in [4.78, 5) is 39.3. The fourth-order valence-corrected chi connectivity index (χ4v) is 4.63. The molecule has 2 rings (SSSR count). The second kappa shape index (κ2) is 15.3. The first-order valence-corrected chi connectivity index (χ1v) is 13.8. The van der Waals surface area contributed by atoms with Crippen LogP contribution < -0.4 is 15.7 Å². The number of aliphatic hydroxyl groups is 1. The first-order valence-electron chi connectivity index (χ1n) is 13.8. The zero-order valence-corrected chi connectivity index (χ0v) is 23.9. The lowest BCUT2D eigenvalue weighted by Crippen LogP contribution is -2.55. The van der Waals surface area contributed by atoms with Crippen LogP contribution >= 0.6 is 0 Å². The zero-order chi connectivity index (χ0) is 29.0. The summed E-state index contributed by atoms with van der Waals surface area (Å²) in [5.41, 5.74) is 1.10. The molecule has 0 saturated carbocycles. The van der Waals surface area contributed by atoms with Crippen molar-refractivity contribution in [3.05, 3.63) is 71.8 Å². The number of aliphatic hydroxyl groups excluding tert-OH is 1. The summed E-state index contributed by atoms with van der Waals surface area (Å²) < 4.78 is 0. The van der Waals surface area contributed by atoms with E-state index in [0.717, 1.165) is 28.9 Å². The third-order valence-electron chi connectivity index (χ3n) is 7.15. The Hall–Kier alpha value is -3.39. The molecular formula is C31H44N3O5-. The third kappa shape index (κ3) is 10.4. The molecule has 8 nitrogen and oxygen atoms in total. The lowest BCUT2D eigenvalue weighted by molar-refractivity contribution is -0.270.